The van der Waals surface area contributed by atoms with Crippen molar-refractivity contribution in [1.29, 1.82) is 0 Å². The fraction of sp³-hybridized carbons (Fsp3) is 0.833. The summed E-state index contributed by atoms with van der Waals surface area (Å²) in [6.07, 6.45) is 8.10. The molecular formula is C30H47N3O6. The molecule has 0 aromatic rings. The maximum atomic E-state index is 14.2. The Labute approximate surface area is 232 Å². The van der Waals surface area contributed by atoms with Crippen molar-refractivity contribution in [3.8, 4) is 0 Å². The molecule has 4 rings (SSSR count). The number of primary amides is 1. The number of nitrogens with two attached hydrogens (primary N) is 1. The van der Waals surface area contributed by atoms with Crippen molar-refractivity contribution in [2.45, 2.75) is 117 Å². The predicted octanol–water partition coefficient (Wildman–Crippen LogP) is 3.67. The van der Waals surface area contributed by atoms with Gasteiger partial charge in [-0.25, -0.2) is 4.79 Å². The standard InChI is InChI=1S/C30H47N3O6/c1-29(2,3)39-28(38)33-23(17-12-7-6-8-13-17)24(34)18-15-19-22(30(19,4)5)21(18)27(37)32-20(25(35)26(31)36)14-16-10-9-11-16/h16-23H,6-15H2,1-5H3,(H2,31,36)(H,32,37)(H,33,38)/t18?,19?,20?,21?,22?,23-/m0/s1. The average Bonchev–Trinajstić information content (AvgIpc) is 3.15. The fourth-order valence-corrected chi connectivity index (χ4v) is 7.55. The van der Waals surface area contributed by atoms with Gasteiger partial charge in [0, 0.05) is 5.92 Å². The Bertz CT molecular complexity index is 991. The number of nitrogens with one attached hydrogen (secondary N) is 2. The lowest BCUT2D eigenvalue weighted by Gasteiger charge is -2.35. The largest absolute Gasteiger partial charge is 0.444 e. The monoisotopic (exact) mass is 545 g/mol. The number of hydrogen-bond donors (Lipinski definition) is 3. The maximum Gasteiger partial charge on any atom is 0.408 e. The van der Waals surface area contributed by atoms with Gasteiger partial charge in [0.2, 0.25) is 11.7 Å². The highest BCUT2D eigenvalue weighted by Crippen LogP contribution is 2.71. The molecule has 4 N–H and O–H groups in total. The first-order chi connectivity index (χ1) is 18.2. The summed E-state index contributed by atoms with van der Waals surface area (Å²) in [7, 11) is 0. The topological polar surface area (TPSA) is 145 Å². The molecule has 4 aliphatic carbocycles. The number of Topliss-reactive ketones (excluding diaryl/α,β-unsaturated/α-hetero) is 2. The molecule has 0 heterocycles. The molecule has 9 heteroatoms. The van der Waals surface area contributed by atoms with Gasteiger partial charge in [-0.3, -0.25) is 19.2 Å². The minimum Gasteiger partial charge on any atom is -0.444 e. The molecule has 39 heavy (non-hydrogen) atoms. The van der Waals surface area contributed by atoms with Crippen molar-refractivity contribution in [3.63, 3.8) is 0 Å². The van der Waals surface area contributed by atoms with Crippen LogP contribution in [0.25, 0.3) is 0 Å². The summed E-state index contributed by atoms with van der Waals surface area (Å²) >= 11 is 0. The minimum absolute atomic E-state index is 0.00443. The summed E-state index contributed by atoms with van der Waals surface area (Å²) < 4.78 is 5.50. The number of amides is 3. The zero-order chi connectivity index (χ0) is 28.7. The van der Waals surface area contributed by atoms with Gasteiger partial charge in [0.25, 0.3) is 5.91 Å². The molecular weight excluding hydrogens is 498 g/mol. The summed E-state index contributed by atoms with van der Waals surface area (Å²) in [6, 6.07) is -1.69. The Balaban J connectivity index is 1.55. The number of hydrogen-bond acceptors (Lipinski definition) is 6. The van der Waals surface area contributed by atoms with E-state index in [1.807, 2.05) is 0 Å². The summed E-state index contributed by atoms with van der Waals surface area (Å²) in [5.74, 6) is -3.00. The molecule has 0 aromatic heterocycles. The number of alkyl carbamates (subject to hydrolysis) is 1. The lowest BCUT2D eigenvalue weighted by atomic mass is 9.74. The van der Waals surface area contributed by atoms with Crippen molar-refractivity contribution < 1.29 is 28.7 Å². The van der Waals surface area contributed by atoms with E-state index in [1.54, 1.807) is 20.8 Å². The van der Waals surface area contributed by atoms with Crippen LogP contribution in [0.1, 0.15) is 98.8 Å². The molecule has 4 saturated carbocycles. The lowest BCUT2D eigenvalue weighted by Crippen LogP contribution is -2.54. The van der Waals surface area contributed by atoms with Gasteiger partial charge in [-0.15, -0.1) is 0 Å². The van der Waals surface area contributed by atoms with Gasteiger partial charge in [-0.1, -0.05) is 52.4 Å². The number of carbonyl (C=O) groups excluding carboxylic acids is 5. The highest BCUT2D eigenvalue weighted by molar-refractivity contribution is 6.37. The van der Waals surface area contributed by atoms with E-state index in [-0.39, 0.29) is 40.8 Å². The van der Waals surface area contributed by atoms with E-state index in [0.717, 1.165) is 51.4 Å². The first kappa shape index (κ1) is 29.5. The quantitative estimate of drug-likeness (QED) is 0.357. The Morgan fingerprint density at radius 1 is 0.949 bits per heavy atom. The van der Waals surface area contributed by atoms with Crippen molar-refractivity contribution in [3.05, 3.63) is 0 Å². The van der Waals surface area contributed by atoms with Gasteiger partial charge in [-0.05, 0) is 75.5 Å². The molecule has 0 bridgehead atoms. The Morgan fingerprint density at radius 2 is 1.59 bits per heavy atom. The van der Waals surface area contributed by atoms with Gasteiger partial charge < -0.3 is 21.1 Å². The van der Waals surface area contributed by atoms with Crippen molar-refractivity contribution >= 4 is 29.5 Å². The molecule has 0 aromatic carbocycles. The van der Waals surface area contributed by atoms with Crippen LogP contribution in [0.15, 0.2) is 0 Å². The first-order valence-electron chi connectivity index (χ1n) is 14.9. The van der Waals surface area contributed by atoms with Crippen LogP contribution in [0, 0.1) is 40.9 Å². The zero-order valence-corrected chi connectivity index (χ0v) is 24.2. The summed E-state index contributed by atoms with van der Waals surface area (Å²) in [5, 5.41) is 5.74. The molecule has 0 aliphatic heterocycles. The zero-order valence-electron chi connectivity index (χ0n) is 24.2. The molecule has 0 radical (unpaired) electrons. The lowest BCUT2D eigenvalue weighted by molar-refractivity contribution is -0.141. The first-order valence-corrected chi connectivity index (χ1v) is 14.9. The maximum absolute atomic E-state index is 14.2. The van der Waals surface area contributed by atoms with Crippen LogP contribution in [0.4, 0.5) is 4.79 Å². The third kappa shape index (κ3) is 6.49. The second kappa shape index (κ2) is 11.2. The van der Waals surface area contributed by atoms with E-state index < -0.39 is 47.3 Å². The van der Waals surface area contributed by atoms with E-state index in [4.69, 9.17) is 10.5 Å². The molecule has 3 amide bonds. The molecule has 4 aliphatic rings. The highest BCUT2D eigenvalue weighted by atomic mass is 16.6. The summed E-state index contributed by atoms with van der Waals surface area (Å²) in [6.45, 7) is 9.57. The molecule has 4 fully saturated rings. The van der Waals surface area contributed by atoms with Crippen molar-refractivity contribution in [2.75, 3.05) is 0 Å². The van der Waals surface area contributed by atoms with Crippen LogP contribution >= 0.6 is 0 Å². The van der Waals surface area contributed by atoms with Gasteiger partial charge in [0.05, 0.1) is 18.0 Å². The highest BCUT2D eigenvalue weighted by Gasteiger charge is 2.70. The molecule has 0 spiro atoms. The second-order valence-corrected chi connectivity index (χ2v) is 14.1. The molecule has 0 saturated heterocycles. The number of ether oxygens (including phenoxy) is 1. The third-order valence-electron chi connectivity index (χ3n) is 9.91. The van der Waals surface area contributed by atoms with Crippen LogP contribution in [0.2, 0.25) is 0 Å². The van der Waals surface area contributed by atoms with Crippen LogP contribution in [-0.2, 0) is 23.9 Å². The minimum atomic E-state index is -1.05. The van der Waals surface area contributed by atoms with Crippen LogP contribution < -0.4 is 16.4 Å². The van der Waals surface area contributed by atoms with Crippen molar-refractivity contribution in [1.82, 2.24) is 10.6 Å². The third-order valence-corrected chi connectivity index (χ3v) is 9.91. The fourth-order valence-electron chi connectivity index (χ4n) is 7.55. The summed E-state index contributed by atoms with van der Waals surface area (Å²) in [5.41, 5.74) is 4.53. The van der Waals surface area contributed by atoms with Crippen LogP contribution in [0.5, 0.6) is 0 Å². The van der Waals surface area contributed by atoms with Gasteiger partial charge in [0.15, 0.2) is 5.78 Å². The Kier molecular flexibility index (Phi) is 8.48. The average molecular weight is 546 g/mol. The number of fused-ring (bicyclic) bond motifs is 1. The predicted molar refractivity (Wildman–Crippen MR) is 145 cm³/mol. The van der Waals surface area contributed by atoms with E-state index in [1.165, 1.54) is 0 Å². The molecule has 9 nitrogen and oxygen atoms in total. The second-order valence-electron chi connectivity index (χ2n) is 14.1. The Morgan fingerprint density at radius 3 is 2.13 bits per heavy atom. The smallest absolute Gasteiger partial charge is 0.408 e. The number of carbonyl (C=O) groups is 5. The number of rotatable bonds is 10. The van der Waals surface area contributed by atoms with Crippen LogP contribution in [0.3, 0.4) is 0 Å². The van der Waals surface area contributed by atoms with Crippen LogP contribution in [-0.4, -0.2) is 47.2 Å². The number of ketones is 2. The molecule has 5 unspecified atom stereocenters. The Hall–Kier alpha value is -2.45. The van der Waals surface area contributed by atoms with Gasteiger partial charge >= 0.3 is 6.09 Å². The van der Waals surface area contributed by atoms with E-state index in [2.05, 4.69) is 24.5 Å². The SMILES string of the molecule is CC(C)(C)OC(=O)N[C@H](C(=O)C1CC2C(C1C(=O)NC(CC1CCC1)C(=O)C(N)=O)C2(C)C)C1CCCCC1. The molecule has 218 valence electrons. The normalized spacial score (nSPS) is 29.8. The van der Waals surface area contributed by atoms with Gasteiger partial charge in [0.1, 0.15) is 5.60 Å². The van der Waals surface area contributed by atoms with E-state index >= 15 is 0 Å². The van der Waals surface area contributed by atoms with Gasteiger partial charge in [-0.2, -0.15) is 0 Å². The molecule has 6 atom stereocenters. The summed E-state index contributed by atoms with van der Waals surface area (Å²) in [4.78, 5) is 65.2. The van der Waals surface area contributed by atoms with E-state index in [9.17, 15) is 24.0 Å². The van der Waals surface area contributed by atoms with E-state index in [0.29, 0.717) is 12.8 Å². The van der Waals surface area contributed by atoms with Crippen molar-refractivity contribution in [2.24, 2.45) is 46.7 Å².